The van der Waals surface area contributed by atoms with Crippen molar-refractivity contribution in [1.29, 1.82) is 0 Å². The highest BCUT2D eigenvalue weighted by atomic mass is 127. The maximum absolute atomic E-state index is 11.9. The lowest BCUT2D eigenvalue weighted by Gasteiger charge is -2.26. The van der Waals surface area contributed by atoms with Crippen LogP contribution in [0.4, 0.5) is 0 Å². The van der Waals surface area contributed by atoms with Crippen LogP contribution in [-0.4, -0.2) is 47.8 Å². The highest BCUT2D eigenvalue weighted by Gasteiger charge is 2.41. The molecule has 2 heterocycles. The molecule has 0 atom stereocenters. The Morgan fingerprint density at radius 2 is 1.93 bits per heavy atom. The lowest BCUT2D eigenvalue weighted by Crippen LogP contribution is -2.41. The number of aliphatic imine (C=N–C) groups is 1. The van der Waals surface area contributed by atoms with Crippen molar-refractivity contribution in [2.45, 2.75) is 65.0 Å². The Morgan fingerprint density at radius 1 is 1.14 bits per heavy atom. The van der Waals surface area contributed by atoms with Gasteiger partial charge in [-0.05, 0) is 49.1 Å². The summed E-state index contributed by atoms with van der Waals surface area (Å²) in [7, 11) is 0. The summed E-state index contributed by atoms with van der Waals surface area (Å²) in [5.74, 6) is 1.35. The summed E-state index contributed by atoms with van der Waals surface area (Å²) in [5, 5.41) is 3.50. The van der Waals surface area contributed by atoms with E-state index < -0.39 is 0 Å². The molecule has 5 nitrogen and oxygen atoms in total. The molecule has 3 aliphatic rings. The summed E-state index contributed by atoms with van der Waals surface area (Å²) >= 11 is 0. The molecule has 0 bridgehead atoms. The number of nitrogens with zero attached hydrogens (tertiary/aromatic N) is 3. The molecule has 0 unspecified atom stereocenters. The van der Waals surface area contributed by atoms with Crippen LogP contribution in [0.1, 0.15) is 63.0 Å². The predicted molar refractivity (Wildman–Crippen MR) is 128 cm³/mol. The molecule has 29 heavy (non-hydrogen) atoms. The van der Waals surface area contributed by atoms with Crippen LogP contribution in [0.2, 0.25) is 0 Å². The molecule has 1 N–H and O–H groups in total. The van der Waals surface area contributed by atoms with Crippen molar-refractivity contribution in [1.82, 2.24) is 15.1 Å². The topological polar surface area (TPSA) is 47.9 Å². The maximum Gasteiger partial charge on any atom is 0.222 e. The van der Waals surface area contributed by atoms with Crippen LogP contribution >= 0.6 is 24.0 Å². The third-order valence-electron chi connectivity index (χ3n) is 6.68. The number of hydrogen-bond donors (Lipinski definition) is 1. The molecule has 1 aliphatic carbocycles. The van der Waals surface area contributed by atoms with E-state index in [9.17, 15) is 4.79 Å². The molecule has 1 saturated carbocycles. The van der Waals surface area contributed by atoms with E-state index in [1.54, 1.807) is 0 Å². The van der Waals surface area contributed by atoms with E-state index in [-0.39, 0.29) is 29.9 Å². The van der Waals surface area contributed by atoms with Gasteiger partial charge in [0.05, 0.1) is 6.54 Å². The van der Waals surface area contributed by atoms with Crippen LogP contribution in [0.15, 0.2) is 29.3 Å². The fourth-order valence-electron chi connectivity index (χ4n) is 5.16. The average molecular weight is 510 g/mol. The Labute approximate surface area is 192 Å². The highest BCUT2D eigenvalue weighted by Crippen LogP contribution is 2.45. The molecule has 3 fully saturated rings. The Bertz CT molecular complexity index is 729. The zero-order chi connectivity index (χ0) is 19.4. The largest absolute Gasteiger partial charge is 0.357 e. The van der Waals surface area contributed by atoms with Crippen LogP contribution in [0.3, 0.4) is 0 Å². The highest BCUT2D eigenvalue weighted by molar-refractivity contribution is 14.0. The number of nitrogens with one attached hydrogen (secondary N) is 1. The van der Waals surface area contributed by atoms with E-state index in [2.05, 4.69) is 41.4 Å². The van der Waals surface area contributed by atoms with Gasteiger partial charge in [-0.3, -0.25) is 4.79 Å². The van der Waals surface area contributed by atoms with Crippen molar-refractivity contribution in [3.63, 3.8) is 0 Å². The van der Waals surface area contributed by atoms with Gasteiger partial charge in [0.25, 0.3) is 0 Å². The Balaban J connectivity index is 0.00000240. The number of halogens is 1. The lowest BCUT2D eigenvalue weighted by atomic mass is 9.86. The van der Waals surface area contributed by atoms with Gasteiger partial charge in [0.2, 0.25) is 5.91 Å². The summed E-state index contributed by atoms with van der Waals surface area (Å²) in [6.07, 6.45) is 8.58. The van der Waals surface area contributed by atoms with E-state index in [4.69, 9.17) is 4.99 Å². The van der Waals surface area contributed by atoms with Gasteiger partial charge in [-0.25, -0.2) is 4.99 Å². The monoisotopic (exact) mass is 510 g/mol. The van der Waals surface area contributed by atoms with Gasteiger partial charge in [0.1, 0.15) is 0 Å². The Morgan fingerprint density at radius 3 is 2.66 bits per heavy atom. The molecule has 1 aromatic carbocycles. The minimum atomic E-state index is 0. The second kappa shape index (κ2) is 10.1. The van der Waals surface area contributed by atoms with Gasteiger partial charge in [-0.1, -0.05) is 37.1 Å². The number of carbonyl (C=O) groups is 1. The van der Waals surface area contributed by atoms with Crippen molar-refractivity contribution in [3.05, 3.63) is 35.4 Å². The van der Waals surface area contributed by atoms with Gasteiger partial charge >= 0.3 is 0 Å². The van der Waals surface area contributed by atoms with Gasteiger partial charge in [0, 0.05) is 39.1 Å². The van der Waals surface area contributed by atoms with Gasteiger partial charge in [0.15, 0.2) is 5.96 Å². The van der Waals surface area contributed by atoms with E-state index in [0.717, 1.165) is 45.1 Å². The third kappa shape index (κ3) is 5.44. The van der Waals surface area contributed by atoms with Gasteiger partial charge < -0.3 is 15.1 Å². The molecule has 1 amide bonds. The molecule has 1 aromatic rings. The number of guanidine groups is 1. The molecule has 1 spiro atoms. The molecular formula is C23H35IN4O. The number of amides is 1. The first-order valence-electron chi connectivity index (χ1n) is 11.1. The normalized spacial score (nSPS) is 21.1. The number of rotatable bonds is 5. The quantitative estimate of drug-likeness (QED) is 0.368. The summed E-state index contributed by atoms with van der Waals surface area (Å²) in [6, 6.07) is 8.57. The zero-order valence-corrected chi connectivity index (χ0v) is 20.0. The van der Waals surface area contributed by atoms with Crippen LogP contribution in [0, 0.1) is 5.41 Å². The molecule has 0 aromatic heterocycles. The third-order valence-corrected chi connectivity index (χ3v) is 6.68. The molecule has 6 heteroatoms. The van der Waals surface area contributed by atoms with Crippen molar-refractivity contribution >= 4 is 35.8 Å². The van der Waals surface area contributed by atoms with Gasteiger partial charge in [-0.2, -0.15) is 0 Å². The Kier molecular flexibility index (Phi) is 7.82. The molecule has 4 rings (SSSR count). The van der Waals surface area contributed by atoms with E-state index >= 15 is 0 Å². The number of likely N-dealkylation sites (tertiary alicyclic amines) is 2. The second-order valence-electron chi connectivity index (χ2n) is 8.79. The van der Waals surface area contributed by atoms with Crippen molar-refractivity contribution in [2.24, 2.45) is 10.4 Å². The van der Waals surface area contributed by atoms with Gasteiger partial charge in [-0.15, -0.1) is 24.0 Å². The van der Waals surface area contributed by atoms with Crippen molar-refractivity contribution in [2.75, 3.05) is 26.2 Å². The second-order valence-corrected chi connectivity index (χ2v) is 8.79. The molecule has 0 radical (unpaired) electrons. The zero-order valence-electron chi connectivity index (χ0n) is 17.7. The summed E-state index contributed by atoms with van der Waals surface area (Å²) in [6.45, 7) is 7.64. The number of carbonyl (C=O) groups excluding carboxylic acids is 1. The molecular weight excluding hydrogens is 475 g/mol. The fourth-order valence-corrected chi connectivity index (χ4v) is 5.16. The smallest absolute Gasteiger partial charge is 0.222 e. The standard InChI is InChI=1S/C23H34N4O.HI/c1-2-24-22(27-14-12-23(18-27)10-3-4-11-23)25-16-19-7-5-8-20(15-19)17-26-13-6-9-21(26)28;/h5,7-8,15H,2-4,6,9-14,16-18H2,1H3,(H,24,25);1H. The number of hydrogen-bond acceptors (Lipinski definition) is 2. The molecule has 2 aliphatic heterocycles. The maximum atomic E-state index is 11.9. The van der Waals surface area contributed by atoms with E-state index in [0.29, 0.717) is 18.4 Å². The first-order chi connectivity index (χ1) is 13.7. The first kappa shape index (κ1) is 22.4. The minimum Gasteiger partial charge on any atom is -0.357 e. The van der Waals surface area contributed by atoms with Crippen molar-refractivity contribution < 1.29 is 4.79 Å². The Hall–Kier alpha value is -1.31. The summed E-state index contributed by atoms with van der Waals surface area (Å²) in [5.41, 5.74) is 2.98. The van der Waals surface area contributed by atoms with E-state index in [1.807, 2.05) is 4.90 Å². The van der Waals surface area contributed by atoms with Crippen molar-refractivity contribution in [3.8, 4) is 0 Å². The average Bonchev–Trinajstić information content (AvgIpc) is 3.43. The molecule has 160 valence electrons. The summed E-state index contributed by atoms with van der Waals surface area (Å²) in [4.78, 5) is 21.3. The number of benzene rings is 1. The minimum absolute atomic E-state index is 0. The van der Waals surface area contributed by atoms with Crippen LogP contribution in [0.5, 0.6) is 0 Å². The lowest BCUT2D eigenvalue weighted by molar-refractivity contribution is -0.128. The van der Waals surface area contributed by atoms with Crippen LogP contribution in [-0.2, 0) is 17.9 Å². The van der Waals surface area contributed by atoms with Crippen LogP contribution < -0.4 is 5.32 Å². The fraction of sp³-hybridized carbons (Fsp3) is 0.652. The first-order valence-corrected chi connectivity index (χ1v) is 11.1. The predicted octanol–water partition coefficient (Wildman–Crippen LogP) is 4.16. The SMILES string of the molecule is CCNC(=NCc1cccc(CN2CCCC2=O)c1)N1CCC2(CCCC2)C1.I. The summed E-state index contributed by atoms with van der Waals surface area (Å²) < 4.78 is 0. The molecule has 2 saturated heterocycles. The van der Waals surface area contributed by atoms with E-state index in [1.165, 1.54) is 43.2 Å². The van der Waals surface area contributed by atoms with Crippen LogP contribution in [0.25, 0.3) is 0 Å².